The first-order chi connectivity index (χ1) is 11.7. The molecule has 0 aliphatic carbocycles. The standard InChI is InChI=1S/C22H27NO2/c1-6-18-13-17(9-12-20(18)21(24)25)15-23(5)14-16-7-10-19(11-8-16)22(2,3)4/h6-13H,1,14-15H2,2-5H3,(H,24,25). The Morgan fingerprint density at radius 1 is 1.08 bits per heavy atom. The summed E-state index contributed by atoms with van der Waals surface area (Å²) < 4.78 is 0. The molecule has 2 aromatic rings. The summed E-state index contributed by atoms with van der Waals surface area (Å²) >= 11 is 0. The summed E-state index contributed by atoms with van der Waals surface area (Å²) in [6.07, 6.45) is 1.60. The van der Waals surface area contributed by atoms with E-state index in [2.05, 4.69) is 63.6 Å². The smallest absolute Gasteiger partial charge is 0.336 e. The Kier molecular flexibility index (Phi) is 5.81. The molecule has 0 saturated heterocycles. The third-order valence-electron chi connectivity index (χ3n) is 4.29. The summed E-state index contributed by atoms with van der Waals surface area (Å²) in [7, 11) is 2.07. The zero-order valence-corrected chi connectivity index (χ0v) is 15.5. The van der Waals surface area contributed by atoms with E-state index in [0.29, 0.717) is 11.1 Å². The van der Waals surface area contributed by atoms with Crippen LogP contribution in [0, 0.1) is 0 Å². The maximum atomic E-state index is 11.2. The number of hydrogen-bond donors (Lipinski definition) is 1. The fourth-order valence-corrected chi connectivity index (χ4v) is 2.86. The molecule has 3 nitrogen and oxygen atoms in total. The van der Waals surface area contributed by atoms with Gasteiger partial charge < -0.3 is 5.11 Å². The van der Waals surface area contributed by atoms with Crippen molar-refractivity contribution < 1.29 is 9.90 Å². The summed E-state index contributed by atoms with van der Waals surface area (Å²) in [6.45, 7) is 11.9. The van der Waals surface area contributed by atoms with Gasteiger partial charge in [-0.05, 0) is 46.8 Å². The minimum absolute atomic E-state index is 0.164. The van der Waals surface area contributed by atoms with Gasteiger partial charge in [0.1, 0.15) is 0 Å². The number of carboxylic acids is 1. The predicted molar refractivity (Wildman–Crippen MR) is 104 cm³/mol. The fraction of sp³-hybridized carbons (Fsp3) is 0.318. The highest BCUT2D eigenvalue weighted by atomic mass is 16.4. The molecule has 25 heavy (non-hydrogen) atoms. The quantitative estimate of drug-likeness (QED) is 0.810. The molecule has 0 amide bonds. The van der Waals surface area contributed by atoms with Gasteiger partial charge in [0, 0.05) is 13.1 Å². The van der Waals surface area contributed by atoms with Crippen LogP contribution in [0.5, 0.6) is 0 Å². The maximum absolute atomic E-state index is 11.2. The molecular weight excluding hydrogens is 310 g/mol. The minimum Gasteiger partial charge on any atom is -0.478 e. The molecule has 0 aliphatic rings. The lowest BCUT2D eigenvalue weighted by Crippen LogP contribution is -2.18. The van der Waals surface area contributed by atoms with E-state index in [0.717, 1.165) is 18.7 Å². The van der Waals surface area contributed by atoms with E-state index in [9.17, 15) is 9.90 Å². The van der Waals surface area contributed by atoms with E-state index in [1.807, 2.05) is 12.1 Å². The highest BCUT2D eigenvalue weighted by Crippen LogP contribution is 2.22. The Balaban J connectivity index is 2.06. The number of rotatable bonds is 6. The molecule has 0 heterocycles. The van der Waals surface area contributed by atoms with Crippen LogP contribution in [0.2, 0.25) is 0 Å². The number of hydrogen-bond acceptors (Lipinski definition) is 2. The molecule has 0 unspecified atom stereocenters. The van der Waals surface area contributed by atoms with Crippen LogP contribution in [-0.4, -0.2) is 23.0 Å². The lowest BCUT2D eigenvalue weighted by molar-refractivity contribution is 0.0696. The molecule has 132 valence electrons. The van der Waals surface area contributed by atoms with Crippen molar-refractivity contribution in [1.29, 1.82) is 0 Å². The summed E-state index contributed by atoms with van der Waals surface area (Å²) in [5.74, 6) is -0.922. The second-order valence-corrected chi connectivity index (χ2v) is 7.55. The molecule has 0 spiro atoms. The number of aromatic carboxylic acids is 1. The molecule has 0 fully saturated rings. The fourth-order valence-electron chi connectivity index (χ4n) is 2.86. The number of carbonyl (C=O) groups is 1. The molecule has 1 N–H and O–H groups in total. The number of nitrogens with zero attached hydrogens (tertiary/aromatic N) is 1. The molecule has 3 heteroatoms. The van der Waals surface area contributed by atoms with Crippen LogP contribution in [0.25, 0.3) is 6.08 Å². The second kappa shape index (κ2) is 7.66. The number of benzene rings is 2. The zero-order chi connectivity index (χ0) is 18.6. The van der Waals surface area contributed by atoms with Gasteiger partial charge in [-0.1, -0.05) is 63.8 Å². The molecule has 2 aromatic carbocycles. The van der Waals surface area contributed by atoms with Gasteiger partial charge in [0.25, 0.3) is 0 Å². The molecule has 0 atom stereocenters. The van der Waals surface area contributed by atoms with Gasteiger partial charge in [0.2, 0.25) is 0 Å². The predicted octanol–water partition coefficient (Wildman–Crippen LogP) is 4.96. The first-order valence-corrected chi connectivity index (χ1v) is 8.47. The van der Waals surface area contributed by atoms with E-state index in [-0.39, 0.29) is 5.41 Å². The van der Waals surface area contributed by atoms with Crippen molar-refractivity contribution in [1.82, 2.24) is 4.90 Å². The van der Waals surface area contributed by atoms with Crippen LogP contribution >= 0.6 is 0 Å². The van der Waals surface area contributed by atoms with Crippen molar-refractivity contribution in [2.24, 2.45) is 0 Å². The van der Waals surface area contributed by atoms with Crippen LogP contribution in [0.1, 0.15) is 53.4 Å². The van der Waals surface area contributed by atoms with E-state index >= 15 is 0 Å². The molecule has 0 aromatic heterocycles. The highest BCUT2D eigenvalue weighted by molar-refractivity contribution is 5.92. The Morgan fingerprint density at radius 3 is 2.16 bits per heavy atom. The van der Waals surface area contributed by atoms with Gasteiger partial charge in [-0.25, -0.2) is 4.79 Å². The summed E-state index contributed by atoms with van der Waals surface area (Å²) in [6, 6.07) is 14.2. The van der Waals surface area contributed by atoms with E-state index in [4.69, 9.17) is 0 Å². The molecular formula is C22H27NO2. The van der Waals surface area contributed by atoms with Crippen molar-refractivity contribution in [2.75, 3.05) is 7.05 Å². The Morgan fingerprint density at radius 2 is 1.64 bits per heavy atom. The molecule has 0 aliphatic heterocycles. The van der Waals surface area contributed by atoms with Crippen LogP contribution in [0.15, 0.2) is 49.0 Å². The van der Waals surface area contributed by atoms with Crippen molar-refractivity contribution in [2.45, 2.75) is 39.3 Å². The van der Waals surface area contributed by atoms with Gasteiger partial charge in [-0.2, -0.15) is 0 Å². The normalized spacial score (nSPS) is 11.6. The number of carboxylic acid groups (broad SMARTS) is 1. The van der Waals surface area contributed by atoms with E-state index < -0.39 is 5.97 Å². The second-order valence-electron chi connectivity index (χ2n) is 7.55. The minimum atomic E-state index is -0.922. The van der Waals surface area contributed by atoms with Gasteiger partial charge in [0.15, 0.2) is 0 Å². The Hall–Kier alpha value is -2.39. The van der Waals surface area contributed by atoms with Crippen LogP contribution in [0.4, 0.5) is 0 Å². The summed E-state index contributed by atoms with van der Waals surface area (Å²) in [5.41, 5.74) is 4.79. The third kappa shape index (κ3) is 5.04. The first kappa shape index (κ1) is 18.9. The Labute approximate surface area is 150 Å². The average Bonchev–Trinajstić information content (AvgIpc) is 2.54. The van der Waals surface area contributed by atoms with Gasteiger partial charge >= 0.3 is 5.97 Å². The lowest BCUT2D eigenvalue weighted by atomic mass is 9.87. The van der Waals surface area contributed by atoms with Crippen LogP contribution < -0.4 is 0 Å². The largest absolute Gasteiger partial charge is 0.478 e. The van der Waals surface area contributed by atoms with Crippen molar-refractivity contribution in [3.8, 4) is 0 Å². The van der Waals surface area contributed by atoms with Gasteiger partial charge in [-0.15, -0.1) is 0 Å². The van der Waals surface area contributed by atoms with Crippen LogP contribution in [-0.2, 0) is 18.5 Å². The topological polar surface area (TPSA) is 40.5 Å². The third-order valence-corrected chi connectivity index (χ3v) is 4.29. The van der Waals surface area contributed by atoms with Crippen molar-refractivity contribution in [3.05, 3.63) is 76.9 Å². The lowest BCUT2D eigenvalue weighted by Gasteiger charge is -2.21. The summed E-state index contributed by atoms with van der Waals surface area (Å²) in [4.78, 5) is 13.4. The van der Waals surface area contributed by atoms with E-state index in [1.54, 1.807) is 12.1 Å². The Bertz CT molecular complexity index is 755. The summed E-state index contributed by atoms with van der Waals surface area (Å²) in [5, 5.41) is 9.19. The molecule has 0 bridgehead atoms. The van der Waals surface area contributed by atoms with Gasteiger partial charge in [0.05, 0.1) is 5.56 Å². The maximum Gasteiger partial charge on any atom is 0.336 e. The SMILES string of the molecule is C=Cc1cc(CN(C)Cc2ccc(C(C)(C)C)cc2)ccc1C(=O)O. The molecule has 0 saturated carbocycles. The zero-order valence-electron chi connectivity index (χ0n) is 15.5. The van der Waals surface area contributed by atoms with E-state index in [1.165, 1.54) is 11.1 Å². The van der Waals surface area contributed by atoms with Gasteiger partial charge in [-0.3, -0.25) is 4.90 Å². The molecule has 2 rings (SSSR count). The van der Waals surface area contributed by atoms with Crippen molar-refractivity contribution >= 4 is 12.0 Å². The highest BCUT2D eigenvalue weighted by Gasteiger charge is 2.13. The average molecular weight is 337 g/mol. The molecule has 0 radical (unpaired) electrons. The monoisotopic (exact) mass is 337 g/mol. The first-order valence-electron chi connectivity index (χ1n) is 8.47. The van der Waals surface area contributed by atoms with Crippen molar-refractivity contribution in [3.63, 3.8) is 0 Å². The van der Waals surface area contributed by atoms with Crippen LogP contribution in [0.3, 0.4) is 0 Å².